The molecule has 19 heavy (non-hydrogen) atoms. The largest absolute Gasteiger partial charge is 0.344 e. The highest BCUT2D eigenvalue weighted by atomic mass is 16.2. The number of rotatable bonds is 5. The molecule has 4 heteroatoms. The van der Waals surface area contributed by atoms with Gasteiger partial charge in [-0.3, -0.25) is 4.79 Å². The van der Waals surface area contributed by atoms with Gasteiger partial charge < -0.3 is 14.8 Å². The van der Waals surface area contributed by atoms with Crippen LogP contribution in [0.3, 0.4) is 0 Å². The maximum absolute atomic E-state index is 12.6. The number of nitrogens with one attached hydrogen (secondary N) is 1. The van der Waals surface area contributed by atoms with Crippen molar-refractivity contribution in [3.05, 3.63) is 24.0 Å². The van der Waals surface area contributed by atoms with Gasteiger partial charge in [-0.05, 0) is 57.8 Å². The number of nitrogens with zero attached hydrogens (tertiary/aromatic N) is 2. The average Bonchev–Trinajstić information content (AvgIpc) is 2.93. The first kappa shape index (κ1) is 14.1. The van der Waals surface area contributed by atoms with E-state index in [1.807, 2.05) is 27.8 Å². The Hall–Kier alpha value is -1.29. The van der Waals surface area contributed by atoms with E-state index in [0.29, 0.717) is 5.92 Å². The van der Waals surface area contributed by atoms with Gasteiger partial charge in [0.05, 0.1) is 0 Å². The normalized spacial score (nSPS) is 16.5. The summed E-state index contributed by atoms with van der Waals surface area (Å²) in [6.07, 6.45) is 4.34. The Morgan fingerprint density at radius 2 is 2.16 bits per heavy atom. The van der Waals surface area contributed by atoms with Crippen molar-refractivity contribution in [2.75, 3.05) is 26.2 Å². The lowest BCUT2D eigenvalue weighted by Crippen LogP contribution is -2.39. The number of carbonyl (C=O) groups excluding carboxylic acids is 1. The Morgan fingerprint density at radius 3 is 2.79 bits per heavy atom. The van der Waals surface area contributed by atoms with Crippen LogP contribution in [-0.2, 0) is 6.54 Å². The minimum absolute atomic E-state index is 0.174. The van der Waals surface area contributed by atoms with Crippen molar-refractivity contribution >= 4 is 5.91 Å². The highest BCUT2D eigenvalue weighted by Crippen LogP contribution is 2.15. The summed E-state index contributed by atoms with van der Waals surface area (Å²) >= 11 is 0. The molecule has 0 aromatic carbocycles. The molecule has 0 unspecified atom stereocenters. The molecule has 4 nitrogen and oxygen atoms in total. The summed E-state index contributed by atoms with van der Waals surface area (Å²) in [4.78, 5) is 14.6. The third-order valence-electron chi connectivity index (χ3n) is 4.00. The van der Waals surface area contributed by atoms with Crippen molar-refractivity contribution in [2.24, 2.45) is 5.92 Å². The van der Waals surface area contributed by atoms with Crippen LogP contribution in [0.2, 0.25) is 0 Å². The molecule has 2 rings (SSSR count). The third-order valence-corrected chi connectivity index (χ3v) is 4.00. The second-order valence-electron chi connectivity index (χ2n) is 5.22. The van der Waals surface area contributed by atoms with E-state index in [-0.39, 0.29) is 5.91 Å². The molecule has 1 fully saturated rings. The molecule has 0 bridgehead atoms. The van der Waals surface area contributed by atoms with Crippen molar-refractivity contribution in [1.82, 2.24) is 14.8 Å². The first-order chi connectivity index (χ1) is 9.26. The quantitative estimate of drug-likeness (QED) is 0.882. The van der Waals surface area contributed by atoms with Crippen molar-refractivity contribution in [3.63, 3.8) is 0 Å². The SMILES string of the molecule is CCN(CC1CCNCC1)C(=O)c1cccn1CC. The van der Waals surface area contributed by atoms with E-state index < -0.39 is 0 Å². The summed E-state index contributed by atoms with van der Waals surface area (Å²) in [5.41, 5.74) is 0.818. The molecule has 106 valence electrons. The third kappa shape index (κ3) is 3.38. The summed E-state index contributed by atoms with van der Waals surface area (Å²) in [5, 5.41) is 3.37. The smallest absolute Gasteiger partial charge is 0.270 e. The molecule has 0 atom stereocenters. The lowest BCUT2D eigenvalue weighted by Gasteiger charge is -2.29. The minimum Gasteiger partial charge on any atom is -0.344 e. The maximum Gasteiger partial charge on any atom is 0.270 e. The predicted octanol–water partition coefficient (Wildman–Crippen LogP) is 1.97. The van der Waals surface area contributed by atoms with Gasteiger partial charge in [-0.2, -0.15) is 0 Å². The van der Waals surface area contributed by atoms with Crippen LogP contribution in [-0.4, -0.2) is 41.6 Å². The summed E-state index contributed by atoms with van der Waals surface area (Å²) in [7, 11) is 0. The van der Waals surface area contributed by atoms with Crippen LogP contribution in [0.15, 0.2) is 18.3 Å². The van der Waals surface area contributed by atoms with Gasteiger partial charge in [0.2, 0.25) is 0 Å². The van der Waals surface area contributed by atoms with Gasteiger partial charge in [-0.1, -0.05) is 0 Å². The van der Waals surface area contributed by atoms with E-state index in [2.05, 4.69) is 19.2 Å². The molecule has 2 heterocycles. The zero-order chi connectivity index (χ0) is 13.7. The minimum atomic E-state index is 0.174. The Bertz CT molecular complexity index is 407. The highest BCUT2D eigenvalue weighted by Gasteiger charge is 2.22. The summed E-state index contributed by atoms with van der Waals surface area (Å²) in [6, 6.07) is 3.88. The molecule has 0 saturated carbocycles. The fourth-order valence-corrected chi connectivity index (χ4v) is 2.78. The second kappa shape index (κ2) is 6.75. The molecule has 1 aromatic rings. The van der Waals surface area contributed by atoms with Crippen LogP contribution in [0.1, 0.15) is 37.2 Å². The Kier molecular flexibility index (Phi) is 5.02. The monoisotopic (exact) mass is 263 g/mol. The fourth-order valence-electron chi connectivity index (χ4n) is 2.78. The van der Waals surface area contributed by atoms with Crippen LogP contribution in [0.25, 0.3) is 0 Å². The van der Waals surface area contributed by atoms with E-state index in [1.165, 1.54) is 12.8 Å². The van der Waals surface area contributed by atoms with Gasteiger partial charge in [0.25, 0.3) is 5.91 Å². The van der Waals surface area contributed by atoms with Crippen LogP contribution in [0.5, 0.6) is 0 Å². The first-order valence-corrected chi connectivity index (χ1v) is 7.41. The molecule has 1 aromatic heterocycles. The van der Waals surface area contributed by atoms with Crippen LogP contribution in [0, 0.1) is 5.92 Å². The summed E-state index contributed by atoms with van der Waals surface area (Å²) in [6.45, 7) is 8.84. The Labute approximate surface area is 115 Å². The summed E-state index contributed by atoms with van der Waals surface area (Å²) < 4.78 is 2.02. The van der Waals surface area contributed by atoms with Gasteiger partial charge in [-0.15, -0.1) is 0 Å². The van der Waals surface area contributed by atoms with Gasteiger partial charge in [0.1, 0.15) is 5.69 Å². The number of hydrogen-bond acceptors (Lipinski definition) is 2. The van der Waals surface area contributed by atoms with E-state index >= 15 is 0 Å². The van der Waals surface area contributed by atoms with Gasteiger partial charge in [0.15, 0.2) is 0 Å². The lowest BCUT2D eigenvalue weighted by atomic mass is 9.97. The van der Waals surface area contributed by atoms with E-state index in [9.17, 15) is 4.79 Å². The molecular weight excluding hydrogens is 238 g/mol. The number of carbonyl (C=O) groups is 1. The fraction of sp³-hybridized carbons (Fsp3) is 0.667. The van der Waals surface area contributed by atoms with Crippen molar-refractivity contribution in [2.45, 2.75) is 33.2 Å². The lowest BCUT2D eigenvalue weighted by molar-refractivity contribution is 0.0716. The van der Waals surface area contributed by atoms with Crippen molar-refractivity contribution in [1.29, 1.82) is 0 Å². The van der Waals surface area contributed by atoms with Crippen molar-refractivity contribution in [3.8, 4) is 0 Å². The van der Waals surface area contributed by atoms with Crippen molar-refractivity contribution < 1.29 is 4.79 Å². The molecule has 1 N–H and O–H groups in total. The predicted molar refractivity (Wildman–Crippen MR) is 77.3 cm³/mol. The Balaban J connectivity index is 2.02. The van der Waals surface area contributed by atoms with E-state index in [4.69, 9.17) is 0 Å². The molecule has 0 radical (unpaired) electrons. The van der Waals surface area contributed by atoms with Gasteiger partial charge in [-0.25, -0.2) is 0 Å². The van der Waals surface area contributed by atoms with E-state index in [0.717, 1.165) is 38.4 Å². The Morgan fingerprint density at radius 1 is 1.42 bits per heavy atom. The zero-order valence-electron chi connectivity index (χ0n) is 12.1. The molecule has 1 aliphatic rings. The van der Waals surface area contributed by atoms with Crippen LogP contribution in [0.4, 0.5) is 0 Å². The number of aryl methyl sites for hydroxylation is 1. The molecule has 1 amide bonds. The molecule has 1 saturated heterocycles. The second-order valence-corrected chi connectivity index (χ2v) is 5.22. The van der Waals surface area contributed by atoms with Gasteiger partial charge >= 0.3 is 0 Å². The number of aromatic nitrogens is 1. The molecular formula is C15H25N3O. The number of hydrogen-bond donors (Lipinski definition) is 1. The highest BCUT2D eigenvalue weighted by molar-refractivity contribution is 5.92. The molecule has 1 aliphatic heterocycles. The van der Waals surface area contributed by atoms with Crippen LogP contribution >= 0.6 is 0 Å². The zero-order valence-corrected chi connectivity index (χ0v) is 12.1. The van der Waals surface area contributed by atoms with Crippen LogP contribution < -0.4 is 5.32 Å². The summed E-state index contributed by atoms with van der Waals surface area (Å²) in [5.74, 6) is 0.822. The standard InChI is InChI=1S/C15H25N3O/c1-3-17-11-5-6-14(17)15(19)18(4-2)12-13-7-9-16-10-8-13/h5-6,11,13,16H,3-4,7-10,12H2,1-2H3. The first-order valence-electron chi connectivity index (χ1n) is 7.41. The van der Waals surface area contributed by atoms with E-state index in [1.54, 1.807) is 0 Å². The van der Waals surface area contributed by atoms with Gasteiger partial charge in [0, 0.05) is 25.8 Å². The average molecular weight is 263 g/mol. The number of amides is 1. The molecule has 0 spiro atoms. The topological polar surface area (TPSA) is 37.3 Å². The number of piperidine rings is 1. The molecule has 0 aliphatic carbocycles. The maximum atomic E-state index is 12.6.